The zero-order chi connectivity index (χ0) is 16.5. The number of carboxylic acid groups (broad SMARTS) is 1. The summed E-state index contributed by atoms with van der Waals surface area (Å²) in [5.41, 5.74) is -0.00641. The number of nitrogens with one attached hydrogen (secondary N) is 1. The van der Waals surface area contributed by atoms with Crippen LogP contribution in [0.5, 0.6) is 0 Å². The molecule has 1 saturated carbocycles. The van der Waals surface area contributed by atoms with Gasteiger partial charge in [0, 0.05) is 31.6 Å². The Morgan fingerprint density at radius 1 is 1.41 bits per heavy atom. The van der Waals surface area contributed by atoms with Crippen molar-refractivity contribution in [3.8, 4) is 0 Å². The van der Waals surface area contributed by atoms with Crippen LogP contribution in [0, 0.1) is 5.41 Å². The van der Waals surface area contributed by atoms with Crippen LogP contribution in [0.3, 0.4) is 0 Å². The van der Waals surface area contributed by atoms with Crippen molar-refractivity contribution in [2.24, 2.45) is 5.41 Å². The van der Waals surface area contributed by atoms with Crippen molar-refractivity contribution < 1.29 is 19.2 Å². The number of hydrogen-bond donors (Lipinski definition) is 2. The third-order valence-corrected chi connectivity index (χ3v) is 6.65. The number of ether oxygens (including phenoxy) is 1. The zero-order valence-electron chi connectivity index (χ0n) is 13.9. The molecule has 1 saturated heterocycles. The molecule has 7 heteroatoms. The molecule has 1 aliphatic carbocycles. The smallest absolute Gasteiger partial charge is 0.407 e. The van der Waals surface area contributed by atoms with Crippen LogP contribution in [-0.2, 0) is 16.1 Å². The molecule has 0 aromatic carbocycles. The van der Waals surface area contributed by atoms with Gasteiger partial charge >= 0.3 is 6.09 Å². The summed E-state index contributed by atoms with van der Waals surface area (Å²) < 4.78 is 21.0. The average molecular weight is 332 g/mol. The molecule has 22 heavy (non-hydrogen) atoms. The van der Waals surface area contributed by atoms with E-state index in [1.165, 1.54) is 4.90 Å². The Balaban J connectivity index is 2.08. The van der Waals surface area contributed by atoms with Gasteiger partial charge in [-0.25, -0.2) is 4.79 Å². The summed E-state index contributed by atoms with van der Waals surface area (Å²) in [7, 11) is 1.72. The fourth-order valence-corrected chi connectivity index (χ4v) is 4.50. The highest BCUT2D eigenvalue weighted by Crippen LogP contribution is 2.47. The molecule has 6 nitrogen and oxygen atoms in total. The van der Waals surface area contributed by atoms with Crippen molar-refractivity contribution in [2.75, 3.05) is 20.2 Å². The monoisotopic (exact) mass is 332 g/mol. The number of methoxy groups -OCH3 is 1. The lowest BCUT2D eigenvalue weighted by atomic mass is 9.74. The normalized spacial score (nSPS) is 29.8. The summed E-state index contributed by atoms with van der Waals surface area (Å²) >= 11 is -1.12. The highest BCUT2D eigenvalue weighted by Gasteiger charge is 2.51. The number of nitrogens with zero attached hydrogens (tertiary/aromatic N) is 1. The molecule has 0 aromatic heterocycles. The van der Waals surface area contributed by atoms with Crippen LogP contribution in [0.2, 0.25) is 0 Å². The molecular weight excluding hydrogens is 304 g/mol. The molecule has 0 unspecified atom stereocenters. The van der Waals surface area contributed by atoms with Gasteiger partial charge in [-0.15, -0.1) is 4.72 Å². The van der Waals surface area contributed by atoms with Gasteiger partial charge in [-0.2, -0.15) is 0 Å². The van der Waals surface area contributed by atoms with Gasteiger partial charge in [0.25, 0.3) is 0 Å². The third-order valence-electron chi connectivity index (χ3n) is 5.04. The fraction of sp³-hybridized carbons (Fsp3) is 0.933. The van der Waals surface area contributed by atoms with E-state index in [-0.39, 0.29) is 22.3 Å². The predicted octanol–water partition coefficient (Wildman–Crippen LogP) is 1.98. The predicted molar refractivity (Wildman–Crippen MR) is 86.1 cm³/mol. The van der Waals surface area contributed by atoms with Gasteiger partial charge in [0.15, 0.2) is 0 Å². The summed E-state index contributed by atoms with van der Waals surface area (Å²) in [4.78, 5) is 12.6. The van der Waals surface area contributed by atoms with E-state index in [1.807, 2.05) is 20.8 Å². The Bertz CT molecular complexity index is 405. The van der Waals surface area contributed by atoms with E-state index in [0.717, 1.165) is 25.7 Å². The molecule has 2 fully saturated rings. The van der Waals surface area contributed by atoms with Gasteiger partial charge in [-0.05, 0) is 51.9 Å². The Morgan fingerprint density at radius 3 is 2.45 bits per heavy atom. The van der Waals surface area contributed by atoms with Gasteiger partial charge in [0.05, 0.1) is 12.1 Å². The largest absolute Gasteiger partial charge is 0.598 e. The molecule has 2 N–H and O–H groups in total. The maximum absolute atomic E-state index is 12.5. The van der Waals surface area contributed by atoms with Crippen LogP contribution in [0.15, 0.2) is 0 Å². The minimum atomic E-state index is -1.12. The summed E-state index contributed by atoms with van der Waals surface area (Å²) in [5, 5.41) is 9.12. The summed E-state index contributed by atoms with van der Waals surface area (Å²) in [6.45, 7) is 6.97. The lowest BCUT2D eigenvalue weighted by Gasteiger charge is -2.42. The number of piperidine rings is 1. The van der Waals surface area contributed by atoms with Crippen LogP contribution in [-0.4, -0.2) is 57.7 Å². The molecular formula is C15H28N2O4S. The van der Waals surface area contributed by atoms with Gasteiger partial charge in [-0.1, -0.05) is 0 Å². The highest BCUT2D eigenvalue weighted by atomic mass is 32.2. The zero-order valence-corrected chi connectivity index (χ0v) is 14.7. The van der Waals surface area contributed by atoms with Gasteiger partial charge in [-0.3, -0.25) is 0 Å². The van der Waals surface area contributed by atoms with Crippen molar-refractivity contribution in [2.45, 2.75) is 63.3 Å². The van der Waals surface area contributed by atoms with E-state index in [0.29, 0.717) is 13.1 Å². The SMILES string of the molecule is CO[C@H]1C[C@@H](N[S@+]([O-])C(C)(C)C)C2(CCN(C(=O)O)CC2)C1. The van der Waals surface area contributed by atoms with Crippen molar-refractivity contribution in [1.82, 2.24) is 9.62 Å². The average Bonchev–Trinajstić information content (AvgIpc) is 2.76. The van der Waals surface area contributed by atoms with E-state index < -0.39 is 17.5 Å². The first-order chi connectivity index (χ1) is 10.2. The number of amides is 1. The number of carbonyl (C=O) groups is 1. The number of likely N-dealkylation sites (tertiary alicyclic amines) is 1. The molecule has 2 rings (SSSR count). The minimum Gasteiger partial charge on any atom is -0.598 e. The molecule has 128 valence electrons. The Kier molecular flexibility index (Phi) is 5.31. The lowest BCUT2D eigenvalue weighted by Crippen LogP contribution is -2.53. The van der Waals surface area contributed by atoms with Crippen LogP contribution >= 0.6 is 0 Å². The van der Waals surface area contributed by atoms with Crippen LogP contribution in [0.4, 0.5) is 4.79 Å². The second-order valence-electron chi connectivity index (χ2n) is 7.48. The van der Waals surface area contributed by atoms with E-state index in [4.69, 9.17) is 9.84 Å². The summed E-state index contributed by atoms with van der Waals surface area (Å²) in [6.07, 6.45) is 2.67. The standard InChI is InChI=1S/C15H28N2O4S/c1-14(2,3)22(20)16-12-9-11(21-4)10-15(12)5-7-17(8-6-15)13(18)19/h11-12,16H,5-10H2,1-4H3,(H,18,19)/t11-,12+,22+/m0/s1. The number of hydrogen-bond acceptors (Lipinski definition) is 4. The maximum atomic E-state index is 12.5. The maximum Gasteiger partial charge on any atom is 0.407 e. The molecule has 1 heterocycles. The van der Waals surface area contributed by atoms with Crippen LogP contribution in [0.25, 0.3) is 0 Å². The van der Waals surface area contributed by atoms with Crippen LogP contribution < -0.4 is 4.72 Å². The van der Waals surface area contributed by atoms with Crippen molar-refractivity contribution in [3.63, 3.8) is 0 Å². The van der Waals surface area contributed by atoms with E-state index in [2.05, 4.69) is 4.72 Å². The van der Waals surface area contributed by atoms with E-state index in [9.17, 15) is 9.35 Å². The molecule has 0 radical (unpaired) electrons. The van der Waals surface area contributed by atoms with Crippen molar-refractivity contribution in [1.29, 1.82) is 0 Å². The summed E-state index contributed by atoms with van der Waals surface area (Å²) in [6, 6.07) is 0.119. The molecule has 0 bridgehead atoms. The van der Waals surface area contributed by atoms with E-state index in [1.54, 1.807) is 7.11 Å². The van der Waals surface area contributed by atoms with Gasteiger partial charge in [0.1, 0.15) is 4.75 Å². The first-order valence-corrected chi connectivity index (χ1v) is 9.02. The molecule has 3 atom stereocenters. The van der Waals surface area contributed by atoms with Crippen molar-refractivity contribution >= 4 is 17.5 Å². The quantitative estimate of drug-likeness (QED) is 0.772. The second-order valence-corrected chi connectivity index (χ2v) is 9.48. The Labute approximate surface area is 135 Å². The van der Waals surface area contributed by atoms with Crippen LogP contribution in [0.1, 0.15) is 46.5 Å². The fourth-order valence-electron chi connectivity index (χ4n) is 3.55. The molecule has 1 aliphatic heterocycles. The Hall–Kier alpha value is -0.500. The topological polar surface area (TPSA) is 84.9 Å². The minimum absolute atomic E-state index is 0.00641. The van der Waals surface area contributed by atoms with Crippen molar-refractivity contribution in [3.05, 3.63) is 0 Å². The first kappa shape index (κ1) is 17.8. The molecule has 0 aromatic rings. The summed E-state index contributed by atoms with van der Waals surface area (Å²) in [5.74, 6) is 0. The third kappa shape index (κ3) is 3.69. The second kappa shape index (κ2) is 6.55. The molecule has 1 amide bonds. The van der Waals surface area contributed by atoms with E-state index >= 15 is 0 Å². The first-order valence-electron chi connectivity index (χ1n) is 7.87. The Morgan fingerprint density at radius 2 is 2.00 bits per heavy atom. The number of rotatable bonds is 3. The molecule has 2 aliphatic rings. The lowest BCUT2D eigenvalue weighted by molar-refractivity contribution is 0.0603. The molecule has 1 spiro atoms. The van der Waals surface area contributed by atoms with Gasteiger partial charge < -0.3 is 19.3 Å². The highest BCUT2D eigenvalue weighted by molar-refractivity contribution is 7.90. The van der Waals surface area contributed by atoms with Gasteiger partial charge in [0.2, 0.25) is 0 Å².